The highest BCUT2D eigenvalue weighted by Crippen LogP contribution is 2.58. The number of hydrogen-bond donors (Lipinski definition) is 0. The van der Waals surface area contributed by atoms with Crippen molar-refractivity contribution in [1.82, 2.24) is 0 Å². The Hall–Kier alpha value is -8.52. The average molecular weight is 880 g/mol. The standard InChI is InChI=1S/C68H49N/c1-67(2)63-43-50(56-33-19-23-47-22-12-13-30-55(47)56)36-39-59(63)60-40-37-53(44-64(60)67)69(66-35-17-15-31-57(66)49-25-18-24-48(42-49)46-20-6-3-7-21-46)54-38-41-61-58-32-14-16-34-62(58)68(65(61)45-54,51-26-8-4-9-27-51)52-28-10-5-11-29-52/h3-45H,1-2H3. The molecule has 1 heteroatoms. The van der Waals surface area contributed by atoms with Crippen LogP contribution in [0, 0.1) is 0 Å². The first kappa shape index (κ1) is 40.7. The maximum atomic E-state index is 2.52. The van der Waals surface area contributed by atoms with Gasteiger partial charge in [-0.15, -0.1) is 0 Å². The summed E-state index contributed by atoms with van der Waals surface area (Å²) in [7, 11) is 0. The zero-order chi connectivity index (χ0) is 46.1. The molecule has 0 N–H and O–H groups in total. The van der Waals surface area contributed by atoms with Crippen molar-refractivity contribution in [3.8, 4) is 55.6 Å². The smallest absolute Gasteiger partial charge is 0.0714 e. The zero-order valence-electron chi connectivity index (χ0n) is 38.8. The average Bonchev–Trinajstić information content (AvgIpc) is 3.84. The van der Waals surface area contributed by atoms with E-state index in [1.807, 2.05) is 0 Å². The summed E-state index contributed by atoms with van der Waals surface area (Å²) in [5.74, 6) is 0. The predicted octanol–water partition coefficient (Wildman–Crippen LogP) is 18.0. The van der Waals surface area contributed by atoms with Crippen LogP contribution in [0.4, 0.5) is 17.1 Å². The van der Waals surface area contributed by atoms with E-state index in [4.69, 9.17) is 0 Å². The molecule has 326 valence electrons. The zero-order valence-corrected chi connectivity index (χ0v) is 38.8. The predicted molar refractivity (Wildman–Crippen MR) is 290 cm³/mol. The third-order valence-corrected chi connectivity index (χ3v) is 15.1. The summed E-state index contributed by atoms with van der Waals surface area (Å²) in [6.45, 7) is 4.81. The van der Waals surface area contributed by atoms with Gasteiger partial charge >= 0.3 is 0 Å². The van der Waals surface area contributed by atoms with Gasteiger partial charge in [0.15, 0.2) is 0 Å². The summed E-state index contributed by atoms with van der Waals surface area (Å²) in [5.41, 5.74) is 22.7. The fraction of sp³-hybridized carbons (Fsp3) is 0.0588. The number of anilines is 3. The number of benzene rings is 11. The Kier molecular flexibility index (Phi) is 9.49. The van der Waals surface area contributed by atoms with Gasteiger partial charge in [0.25, 0.3) is 0 Å². The molecular weight excluding hydrogens is 831 g/mol. The van der Waals surface area contributed by atoms with Crippen LogP contribution in [0.15, 0.2) is 261 Å². The Morgan fingerprint density at radius 1 is 0.290 bits per heavy atom. The van der Waals surface area contributed by atoms with Crippen LogP contribution in [0.1, 0.15) is 47.2 Å². The maximum Gasteiger partial charge on any atom is 0.0714 e. The summed E-state index contributed by atoms with van der Waals surface area (Å²) in [6.07, 6.45) is 0. The fourth-order valence-corrected chi connectivity index (χ4v) is 11.9. The summed E-state index contributed by atoms with van der Waals surface area (Å²) >= 11 is 0. The highest BCUT2D eigenvalue weighted by Gasteiger charge is 2.46. The first-order valence-corrected chi connectivity index (χ1v) is 24.2. The summed E-state index contributed by atoms with van der Waals surface area (Å²) < 4.78 is 0. The highest BCUT2D eigenvalue weighted by atomic mass is 15.1. The molecule has 0 saturated heterocycles. The minimum absolute atomic E-state index is 0.258. The molecule has 0 aromatic heterocycles. The summed E-state index contributed by atoms with van der Waals surface area (Å²) in [6, 6.07) is 96.9. The van der Waals surface area contributed by atoms with Gasteiger partial charge in [-0.25, -0.2) is 0 Å². The molecule has 11 aromatic rings. The molecule has 0 atom stereocenters. The fourth-order valence-electron chi connectivity index (χ4n) is 11.9. The van der Waals surface area contributed by atoms with Crippen molar-refractivity contribution in [3.63, 3.8) is 0 Å². The molecule has 0 unspecified atom stereocenters. The van der Waals surface area contributed by atoms with Crippen LogP contribution >= 0.6 is 0 Å². The van der Waals surface area contributed by atoms with Crippen molar-refractivity contribution in [3.05, 3.63) is 294 Å². The monoisotopic (exact) mass is 879 g/mol. The minimum atomic E-state index is -0.539. The van der Waals surface area contributed by atoms with E-state index in [-0.39, 0.29) is 5.41 Å². The Morgan fingerprint density at radius 2 is 0.768 bits per heavy atom. The van der Waals surface area contributed by atoms with Gasteiger partial charge in [0.2, 0.25) is 0 Å². The number of para-hydroxylation sites is 1. The first-order valence-electron chi connectivity index (χ1n) is 24.2. The molecule has 0 fully saturated rings. The lowest BCUT2D eigenvalue weighted by atomic mass is 9.67. The molecule has 13 rings (SSSR count). The van der Waals surface area contributed by atoms with Crippen LogP contribution in [-0.4, -0.2) is 0 Å². The third kappa shape index (κ3) is 6.38. The molecule has 0 saturated carbocycles. The van der Waals surface area contributed by atoms with Gasteiger partial charge < -0.3 is 4.90 Å². The Labute approximate surface area is 405 Å². The van der Waals surface area contributed by atoms with Crippen molar-refractivity contribution in [2.24, 2.45) is 0 Å². The third-order valence-electron chi connectivity index (χ3n) is 15.1. The molecule has 0 bridgehead atoms. The molecule has 0 heterocycles. The van der Waals surface area contributed by atoms with Crippen molar-refractivity contribution >= 4 is 27.8 Å². The van der Waals surface area contributed by atoms with Crippen LogP contribution in [0.25, 0.3) is 66.4 Å². The van der Waals surface area contributed by atoms with Crippen LogP contribution in [0.2, 0.25) is 0 Å². The summed E-state index contributed by atoms with van der Waals surface area (Å²) in [4.78, 5) is 2.52. The number of rotatable bonds is 8. The van der Waals surface area contributed by atoms with Gasteiger partial charge in [0.1, 0.15) is 0 Å². The lowest BCUT2D eigenvalue weighted by Gasteiger charge is -2.35. The lowest BCUT2D eigenvalue weighted by Crippen LogP contribution is -2.28. The van der Waals surface area contributed by atoms with E-state index >= 15 is 0 Å². The van der Waals surface area contributed by atoms with Crippen molar-refractivity contribution in [2.45, 2.75) is 24.7 Å². The van der Waals surface area contributed by atoms with Gasteiger partial charge in [-0.2, -0.15) is 0 Å². The number of nitrogens with zero attached hydrogens (tertiary/aromatic N) is 1. The van der Waals surface area contributed by atoms with Crippen LogP contribution in [-0.2, 0) is 10.8 Å². The molecule has 0 amide bonds. The molecule has 1 nitrogen and oxygen atoms in total. The van der Waals surface area contributed by atoms with E-state index in [1.54, 1.807) is 0 Å². The molecule has 2 aliphatic carbocycles. The Balaban J connectivity index is 1.03. The van der Waals surface area contributed by atoms with E-state index in [9.17, 15) is 0 Å². The quantitative estimate of drug-likeness (QED) is 0.147. The van der Waals surface area contributed by atoms with E-state index in [0.717, 1.165) is 17.1 Å². The molecule has 69 heavy (non-hydrogen) atoms. The molecule has 11 aromatic carbocycles. The Bertz CT molecular complexity index is 3710. The van der Waals surface area contributed by atoms with Crippen molar-refractivity contribution < 1.29 is 0 Å². The van der Waals surface area contributed by atoms with E-state index in [0.29, 0.717) is 0 Å². The molecule has 2 aliphatic rings. The second kappa shape index (κ2) is 16.1. The van der Waals surface area contributed by atoms with Gasteiger partial charge in [-0.3, -0.25) is 0 Å². The lowest BCUT2D eigenvalue weighted by molar-refractivity contribution is 0.660. The molecule has 0 aliphatic heterocycles. The van der Waals surface area contributed by atoms with Crippen LogP contribution in [0.3, 0.4) is 0 Å². The molecule has 0 radical (unpaired) electrons. The molecule has 0 spiro atoms. The van der Waals surface area contributed by atoms with Crippen molar-refractivity contribution in [2.75, 3.05) is 4.90 Å². The Morgan fingerprint density at radius 3 is 1.51 bits per heavy atom. The van der Waals surface area contributed by atoms with Crippen LogP contribution < -0.4 is 4.90 Å². The number of fused-ring (bicyclic) bond motifs is 7. The van der Waals surface area contributed by atoms with Gasteiger partial charge in [0.05, 0.1) is 11.1 Å². The second-order valence-electron chi connectivity index (χ2n) is 19.2. The van der Waals surface area contributed by atoms with Crippen LogP contribution in [0.5, 0.6) is 0 Å². The van der Waals surface area contributed by atoms with Gasteiger partial charge in [-0.05, 0) is 137 Å². The number of hydrogen-bond acceptors (Lipinski definition) is 1. The largest absolute Gasteiger partial charge is 0.310 e. The van der Waals surface area contributed by atoms with E-state index in [2.05, 4.69) is 280 Å². The normalized spacial score (nSPS) is 13.6. The first-order chi connectivity index (χ1) is 34.0. The van der Waals surface area contributed by atoms with E-state index in [1.165, 1.54) is 99.8 Å². The topological polar surface area (TPSA) is 3.24 Å². The van der Waals surface area contributed by atoms with Crippen molar-refractivity contribution in [1.29, 1.82) is 0 Å². The second-order valence-corrected chi connectivity index (χ2v) is 19.2. The molecular formula is C68H49N. The van der Waals surface area contributed by atoms with E-state index < -0.39 is 5.41 Å². The maximum absolute atomic E-state index is 2.52. The highest BCUT2D eigenvalue weighted by molar-refractivity contribution is 5.99. The summed E-state index contributed by atoms with van der Waals surface area (Å²) in [5, 5.41) is 2.54. The SMILES string of the molecule is CC1(C)c2cc(-c3cccc4ccccc34)ccc2-c2ccc(N(c3ccc4c(c3)C(c3ccccc3)(c3ccccc3)c3ccccc3-4)c3ccccc3-c3cccc(-c4ccccc4)c3)cc21. The van der Waals surface area contributed by atoms with Gasteiger partial charge in [0, 0.05) is 22.4 Å². The minimum Gasteiger partial charge on any atom is -0.310 e. The van der Waals surface area contributed by atoms with Gasteiger partial charge in [-0.1, -0.05) is 232 Å².